The maximum absolute atomic E-state index is 13.2. The van der Waals surface area contributed by atoms with Gasteiger partial charge in [-0.3, -0.25) is 9.59 Å². The third-order valence-electron chi connectivity index (χ3n) is 5.71. The van der Waals surface area contributed by atoms with Crippen molar-refractivity contribution in [2.45, 2.75) is 69.0 Å². The monoisotopic (exact) mass is 502 g/mol. The lowest BCUT2D eigenvalue weighted by molar-refractivity contribution is -0.140. The Labute approximate surface area is 198 Å². The Kier molecular flexibility index (Phi) is 9.47. The number of benzene rings is 2. The molecule has 0 aromatic heterocycles. The van der Waals surface area contributed by atoms with Crippen LogP contribution in [0.4, 0.5) is 0 Å². The first-order valence-corrected chi connectivity index (χ1v) is 12.8. The van der Waals surface area contributed by atoms with Crippen LogP contribution in [0.3, 0.4) is 0 Å². The quantitative estimate of drug-likeness (QED) is 0.441. The van der Waals surface area contributed by atoms with Crippen molar-refractivity contribution in [2.75, 3.05) is 5.75 Å². The molecule has 0 radical (unpaired) electrons. The van der Waals surface area contributed by atoms with E-state index >= 15 is 0 Å². The summed E-state index contributed by atoms with van der Waals surface area (Å²) in [6, 6.07) is 17.8. The summed E-state index contributed by atoms with van der Waals surface area (Å²) >= 11 is 5.13. The highest BCUT2D eigenvalue weighted by atomic mass is 79.9. The fraction of sp³-hybridized carbons (Fsp3) is 0.440. The van der Waals surface area contributed by atoms with Crippen LogP contribution >= 0.6 is 27.7 Å². The van der Waals surface area contributed by atoms with E-state index in [2.05, 4.69) is 33.4 Å². The molecule has 2 amide bonds. The first kappa shape index (κ1) is 23.9. The molecule has 0 saturated heterocycles. The standard InChI is InChI=1S/C25H31BrN2O2S/c1-19(25(30)27-22-8-4-2-5-9-22)28(18-20-12-14-21(26)15-13-20)24(29)16-17-31-23-10-6-3-7-11-23/h3,6-7,10-15,19,22H,2,4-5,8-9,16-18H2,1H3,(H,27,30)/t19-/m1/s1. The fourth-order valence-corrected chi connectivity index (χ4v) is 4.98. The minimum Gasteiger partial charge on any atom is -0.352 e. The zero-order chi connectivity index (χ0) is 22.1. The lowest BCUT2D eigenvalue weighted by atomic mass is 9.95. The van der Waals surface area contributed by atoms with Gasteiger partial charge in [-0.1, -0.05) is 65.5 Å². The largest absolute Gasteiger partial charge is 0.352 e. The second-order valence-electron chi connectivity index (χ2n) is 8.08. The van der Waals surface area contributed by atoms with E-state index in [1.807, 2.05) is 49.4 Å². The van der Waals surface area contributed by atoms with Crippen molar-refractivity contribution >= 4 is 39.5 Å². The van der Waals surface area contributed by atoms with Gasteiger partial charge in [-0.05, 0) is 49.6 Å². The lowest BCUT2D eigenvalue weighted by Crippen LogP contribution is -2.50. The molecule has 1 aliphatic rings. The summed E-state index contributed by atoms with van der Waals surface area (Å²) < 4.78 is 0.997. The molecule has 0 aliphatic heterocycles. The Morgan fingerprint density at radius 3 is 2.42 bits per heavy atom. The van der Waals surface area contributed by atoms with Crippen molar-refractivity contribution in [1.82, 2.24) is 10.2 Å². The average molecular weight is 504 g/mol. The van der Waals surface area contributed by atoms with E-state index in [-0.39, 0.29) is 17.9 Å². The van der Waals surface area contributed by atoms with E-state index in [0.717, 1.165) is 40.6 Å². The lowest BCUT2D eigenvalue weighted by Gasteiger charge is -2.31. The molecule has 2 aromatic carbocycles. The van der Waals surface area contributed by atoms with Gasteiger partial charge in [0.2, 0.25) is 11.8 Å². The van der Waals surface area contributed by atoms with Crippen LogP contribution in [0.5, 0.6) is 0 Å². The number of carbonyl (C=O) groups excluding carboxylic acids is 2. The molecule has 1 saturated carbocycles. The van der Waals surface area contributed by atoms with E-state index in [9.17, 15) is 9.59 Å². The third kappa shape index (κ3) is 7.69. The molecule has 6 heteroatoms. The summed E-state index contributed by atoms with van der Waals surface area (Å²) in [7, 11) is 0. The van der Waals surface area contributed by atoms with Crippen molar-refractivity contribution in [3.63, 3.8) is 0 Å². The minimum atomic E-state index is -0.500. The van der Waals surface area contributed by atoms with Gasteiger partial charge in [0, 0.05) is 34.1 Å². The fourth-order valence-electron chi connectivity index (χ4n) is 3.85. The first-order chi connectivity index (χ1) is 15.0. The highest BCUT2D eigenvalue weighted by molar-refractivity contribution is 9.10. The Bertz CT molecular complexity index is 838. The van der Waals surface area contributed by atoms with Crippen LogP contribution in [0.25, 0.3) is 0 Å². The van der Waals surface area contributed by atoms with E-state index < -0.39 is 6.04 Å². The summed E-state index contributed by atoms with van der Waals surface area (Å²) in [6.07, 6.45) is 6.04. The second-order valence-corrected chi connectivity index (χ2v) is 10.2. The van der Waals surface area contributed by atoms with Crippen LogP contribution in [-0.2, 0) is 16.1 Å². The smallest absolute Gasteiger partial charge is 0.242 e. The summed E-state index contributed by atoms with van der Waals surface area (Å²) in [6.45, 7) is 2.28. The van der Waals surface area contributed by atoms with E-state index in [1.165, 1.54) is 6.42 Å². The predicted molar refractivity (Wildman–Crippen MR) is 131 cm³/mol. The molecule has 1 atom stereocenters. The number of hydrogen-bond acceptors (Lipinski definition) is 3. The van der Waals surface area contributed by atoms with Gasteiger partial charge in [0.1, 0.15) is 6.04 Å². The van der Waals surface area contributed by atoms with Gasteiger partial charge >= 0.3 is 0 Å². The van der Waals surface area contributed by atoms with Gasteiger partial charge in [0.15, 0.2) is 0 Å². The first-order valence-electron chi connectivity index (χ1n) is 11.0. The Hall–Kier alpha value is -1.79. The summed E-state index contributed by atoms with van der Waals surface area (Å²) in [4.78, 5) is 29.0. The molecule has 0 unspecified atom stereocenters. The van der Waals surface area contributed by atoms with E-state index in [1.54, 1.807) is 16.7 Å². The minimum absolute atomic E-state index is 0.0117. The van der Waals surface area contributed by atoms with Crippen LogP contribution in [-0.4, -0.2) is 34.6 Å². The number of halogens is 1. The zero-order valence-electron chi connectivity index (χ0n) is 18.1. The molecule has 0 spiro atoms. The molecule has 1 aliphatic carbocycles. The van der Waals surface area contributed by atoms with Gasteiger partial charge in [0.05, 0.1) is 0 Å². The molecule has 31 heavy (non-hydrogen) atoms. The van der Waals surface area contributed by atoms with Gasteiger partial charge in [-0.15, -0.1) is 11.8 Å². The van der Waals surface area contributed by atoms with Gasteiger partial charge in [-0.2, -0.15) is 0 Å². The Morgan fingerprint density at radius 1 is 1.06 bits per heavy atom. The van der Waals surface area contributed by atoms with Gasteiger partial charge in [-0.25, -0.2) is 0 Å². The molecule has 2 aromatic rings. The van der Waals surface area contributed by atoms with E-state index in [4.69, 9.17) is 0 Å². The van der Waals surface area contributed by atoms with Crippen LogP contribution in [0.2, 0.25) is 0 Å². The summed E-state index contributed by atoms with van der Waals surface area (Å²) in [5, 5.41) is 3.19. The molecule has 166 valence electrons. The molecule has 0 bridgehead atoms. The molecule has 4 nitrogen and oxygen atoms in total. The number of nitrogens with one attached hydrogen (secondary N) is 1. The number of thioether (sulfide) groups is 1. The number of rotatable bonds is 9. The SMILES string of the molecule is C[C@H](C(=O)NC1CCCCC1)N(Cc1ccc(Br)cc1)C(=O)CCSc1ccccc1. The molecule has 3 rings (SSSR count). The maximum atomic E-state index is 13.2. The van der Waals surface area contributed by atoms with Crippen molar-refractivity contribution in [3.8, 4) is 0 Å². The topological polar surface area (TPSA) is 49.4 Å². The van der Waals surface area contributed by atoms with Crippen molar-refractivity contribution in [3.05, 3.63) is 64.6 Å². The number of carbonyl (C=O) groups is 2. The number of nitrogens with zero attached hydrogens (tertiary/aromatic N) is 1. The van der Waals surface area contributed by atoms with Crippen LogP contribution in [0.1, 0.15) is 51.0 Å². The van der Waals surface area contributed by atoms with Gasteiger partial charge in [0.25, 0.3) is 0 Å². The van der Waals surface area contributed by atoms with Crippen LogP contribution in [0.15, 0.2) is 64.0 Å². The Balaban J connectivity index is 1.64. The molecule has 1 N–H and O–H groups in total. The molecule has 1 fully saturated rings. The number of amides is 2. The highest BCUT2D eigenvalue weighted by Gasteiger charge is 2.27. The third-order valence-corrected chi connectivity index (χ3v) is 7.26. The molecular formula is C25H31BrN2O2S. The van der Waals surface area contributed by atoms with Crippen molar-refractivity contribution < 1.29 is 9.59 Å². The summed E-state index contributed by atoms with van der Waals surface area (Å²) in [5.74, 6) is 0.655. The number of hydrogen-bond donors (Lipinski definition) is 1. The Morgan fingerprint density at radius 2 is 1.74 bits per heavy atom. The average Bonchev–Trinajstić information content (AvgIpc) is 2.79. The van der Waals surface area contributed by atoms with Crippen molar-refractivity contribution in [2.24, 2.45) is 0 Å². The van der Waals surface area contributed by atoms with Crippen LogP contribution < -0.4 is 5.32 Å². The maximum Gasteiger partial charge on any atom is 0.242 e. The molecule has 0 heterocycles. The van der Waals surface area contributed by atoms with Gasteiger partial charge < -0.3 is 10.2 Å². The highest BCUT2D eigenvalue weighted by Crippen LogP contribution is 2.21. The predicted octanol–water partition coefficient (Wildman–Crippen LogP) is 5.80. The summed E-state index contributed by atoms with van der Waals surface area (Å²) in [5.41, 5.74) is 1.02. The zero-order valence-corrected chi connectivity index (χ0v) is 20.5. The van der Waals surface area contributed by atoms with Crippen LogP contribution in [0, 0.1) is 0 Å². The normalized spacial score (nSPS) is 15.3. The van der Waals surface area contributed by atoms with Crippen molar-refractivity contribution in [1.29, 1.82) is 0 Å². The van der Waals surface area contributed by atoms with E-state index in [0.29, 0.717) is 18.7 Å². The second kappa shape index (κ2) is 12.3. The molecular weight excluding hydrogens is 472 g/mol.